The first kappa shape index (κ1) is 12.8. The highest BCUT2D eigenvalue weighted by Gasteiger charge is 2.07. The van der Waals surface area contributed by atoms with Crippen LogP contribution in [0.15, 0.2) is 72.9 Å². The van der Waals surface area contributed by atoms with E-state index in [1.807, 2.05) is 35.8 Å². The summed E-state index contributed by atoms with van der Waals surface area (Å²) in [6, 6.07) is 22.9. The highest BCUT2D eigenvalue weighted by molar-refractivity contribution is 5.69. The van der Waals surface area contributed by atoms with E-state index in [2.05, 4.69) is 58.6 Å². The van der Waals surface area contributed by atoms with Crippen LogP contribution in [0.3, 0.4) is 0 Å². The van der Waals surface area contributed by atoms with Crippen molar-refractivity contribution in [3.8, 4) is 22.4 Å². The van der Waals surface area contributed by atoms with E-state index in [0.29, 0.717) is 0 Å². The summed E-state index contributed by atoms with van der Waals surface area (Å²) in [4.78, 5) is 4.35. The van der Waals surface area contributed by atoms with Gasteiger partial charge in [0, 0.05) is 17.8 Å². The minimum absolute atomic E-state index is 0.877. The van der Waals surface area contributed by atoms with Crippen molar-refractivity contribution in [3.05, 3.63) is 78.6 Å². The first-order valence-corrected chi connectivity index (χ1v) is 7.28. The molecule has 0 atom stereocenters. The number of fused-ring (bicyclic) bond motifs is 1. The maximum Gasteiger partial charge on any atom is 0.155 e. The van der Waals surface area contributed by atoms with Gasteiger partial charge in [0.05, 0.1) is 11.4 Å². The van der Waals surface area contributed by atoms with E-state index < -0.39 is 0 Å². The number of hydrogen-bond acceptors (Lipinski definition) is 2. The zero-order valence-electron chi connectivity index (χ0n) is 12.3. The van der Waals surface area contributed by atoms with Gasteiger partial charge in [-0.3, -0.25) is 0 Å². The number of nitrogens with zero attached hydrogens (tertiary/aromatic N) is 3. The Hall–Kier alpha value is -2.94. The van der Waals surface area contributed by atoms with E-state index in [1.165, 1.54) is 11.1 Å². The summed E-state index contributed by atoms with van der Waals surface area (Å²) in [5, 5.41) is 4.52. The van der Waals surface area contributed by atoms with Crippen LogP contribution in [-0.4, -0.2) is 14.6 Å². The number of rotatable bonds is 2. The van der Waals surface area contributed by atoms with Gasteiger partial charge >= 0.3 is 0 Å². The zero-order valence-corrected chi connectivity index (χ0v) is 12.3. The summed E-state index contributed by atoms with van der Waals surface area (Å²) in [6.07, 6.45) is 1.83. The van der Waals surface area contributed by atoms with Crippen LogP contribution in [0, 0.1) is 6.92 Å². The predicted molar refractivity (Wildman–Crippen MR) is 88.6 cm³/mol. The lowest BCUT2D eigenvalue weighted by Gasteiger charge is -2.06. The Morgan fingerprint density at radius 2 is 1.45 bits per heavy atom. The fraction of sp³-hybridized carbons (Fsp3) is 0.0526. The van der Waals surface area contributed by atoms with E-state index in [-0.39, 0.29) is 0 Å². The van der Waals surface area contributed by atoms with Gasteiger partial charge in [-0.1, -0.05) is 54.6 Å². The fourth-order valence-corrected chi connectivity index (χ4v) is 2.69. The molecule has 22 heavy (non-hydrogen) atoms. The third-order valence-corrected chi connectivity index (χ3v) is 3.77. The van der Waals surface area contributed by atoms with Gasteiger partial charge in [-0.05, 0) is 24.1 Å². The topological polar surface area (TPSA) is 30.2 Å². The van der Waals surface area contributed by atoms with Crippen molar-refractivity contribution in [2.24, 2.45) is 0 Å². The third kappa shape index (κ3) is 2.17. The molecule has 0 aliphatic heterocycles. The summed E-state index contributed by atoms with van der Waals surface area (Å²) >= 11 is 0. The molecule has 0 saturated heterocycles. The second kappa shape index (κ2) is 5.11. The fourth-order valence-electron chi connectivity index (χ4n) is 2.69. The molecule has 0 aliphatic carbocycles. The first-order valence-electron chi connectivity index (χ1n) is 7.28. The van der Waals surface area contributed by atoms with Gasteiger partial charge < -0.3 is 0 Å². The minimum Gasteiger partial charge on any atom is -0.237 e. The van der Waals surface area contributed by atoms with Crippen LogP contribution in [-0.2, 0) is 0 Å². The largest absolute Gasteiger partial charge is 0.237 e. The molecule has 4 aromatic rings. The van der Waals surface area contributed by atoms with E-state index in [4.69, 9.17) is 0 Å². The minimum atomic E-state index is 0.877. The van der Waals surface area contributed by atoms with Crippen molar-refractivity contribution in [3.63, 3.8) is 0 Å². The van der Waals surface area contributed by atoms with Crippen LogP contribution in [0.4, 0.5) is 0 Å². The van der Waals surface area contributed by atoms with Crippen molar-refractivity contribution < 1.29 is 0 Å². The summed E-state index contributed by atoms with van der Waals surface area (Å²) in [5.41, 5.74) is 6.48. The molecule has 3 nitrogen and oxygen atoms in total. The summed E-state index contributed by atoms with van der Waals surface area (Å²) in [6.45, 7) is 1.98. The van der Waals surface area contributed by atoms with Crippen molar-refractivity contribution in [1.29, 1.82) is 0 Å². The second-order valence-corrected chi connectivity index (χ2v) is 5.33. The molecular formula is C19H15N3. The van der Waals surface area contributed by atoms with Crippen molar-refractivity contribution >= 4 is 5.65 Å². The zero-order chi connectivity index (χ0) is 14.9. The molecule has 0 saturated carbocycles. The Balaban J connectivity index is 1.79. The molecule has 0 spiro atoms. The van der Waals surface area contributed by atoms with Crippen molar-refractivity contribution in [1.82, 2.24) is 14.6 Å². The predicted octanol–water partition coefficient (Wildman–Crippen LogP) is 4.37. The SMILES string of the molecule is Cc1cc2nccc(-c3ccc(-c4ccccc4)cc3)n2n1. The third-order valence-electron chi connectivity index (χ3n) is 3.77. The normalized spacial score (nSPS) is 11.0. The number of benzene rings is 2. The first-order chi connectivity index (χ1) is 10.8. The number of aryl methyl sites for hydroxylation is 1. The van der Waals surface area contributed by atoms with Gasteiger partial charge in [-0.2, -0.15) is 5.10 Å². The lowest BCUT2D eigenvalue weighted by atomic mass is 10.0. The quantitative estimate of drug-likeness (QED) is 0.547. The molecule has 0 unspecified atom stereocenters. The van der Waals surface area contributed by atoms with Gasteiger partial charge in [-0.25, -0.2) is 9.50 Å². The van der Waals surface area contributed by atoms with E-state index in [9.17, 15) is 0 Å². The average Bonchev–Trinajstić information content (AvgIpc) is 2.96. The second-order valence-electron chi connectivity index (χ2n) is 5.33. The highest BCUT2D eigenvalue weighted by Crippen LogP contribution is 2.25. The van der Waals surface area contributed by atoms with E-state index in [0.717, 1.165) is 22.6 Å². The molecule has 2 aromatic heterocycles. The maximum absolute atomic E-state index is 4.52. The van der Waals surface area contributed by atoms with Gasteiger partial charge in [0.1, 0.15) is 0 Å². The van der Waals surface area contributed by atoms with Crippen LogP contribution >= 0.6 is 0 Å². The lowest BCUT2D eigenvalue weighted by molar-refractivity contribution is 0.925. The van der Waals surface area contributed by atoms with Gasteiger partial charge in [-0.15, -0.1) is 0 Å². The summed E-state index contributed by atoms with van der Waals surface area (Å²) in [7, 11) is 0. The molecule has 2 aromatic carbocycles. The van der Waals surface area contributed by atoms with Crippen LogP contribution in [0.1, 0.15) is 5.69 Å². The molecule has 0 aliphatic rings. The Morgan fingerprint density at radius 3 is 2.23 bits per heavy atom. The van der Waals surface area contributed by atoms with Gasteiger partial charge in [0.25, 0.3) is 0 Å². The molecule has 3 heteroatoms. The van der Waals surface area contributed by atoms with E-state index in [1.54, 1.807) is 0 Å². The number of aromatic nitrogens is 3. The Bertz CT molecular complexity index is 922. The van der Waals surface area contributed by atoms with Crippen molar-refractivity contribution in [2.45, 2.75) is 6.92 Å². The van der Waals surface area contributed by atoms with Gasteiger partial charge in [0.15, 0.2) is 5.65 Å². The Labute approximate surface area is 128 Å². The molecule has 0 radical (unpaired) electrons. The van der Waals surface area contributed by atoms with Crippen molar-refractivity contribution in [2.75, 3.05) is 0 Å². The molecule has 0 bridgehead atoms. The molecule has 0 N–H and O–H groups in total. The molecule has 2 heterocycles. The molecular weight excluding hydrogens is 270 g/mol. The summed E-state index contributed by atoms with van der Waals surface area (Å²) < 4.78 is 1.90. The lowest BCUT2D eigenvalue weighted by Crippen LogP contribution is -1.95. The molecule has 0 fully saturated rings. The van der Waals surface area contributed by atoms with Crippen LogP contribution in [0.2, 0.25) is 0 Å². The monoisotopic (exact) mass is 285 g/mol. The van der Waals surface area contributed by atoms with Crippen LogP contribution in [0.5, 0.6) is 0 Å². The molecule has 4 rings (SSSR count). The average molecular weight is 285 g/mol. The molecule has 0 amide bonds. The molecule has 106 valence electrons. The highest BCUT2D eigenvalue weighted by atomic mass is 15.3. The van der Waals surface area contributed by atoms with Crippen LogP contribution < -0.4 is 0 Å². The Kier molecular flexibility index (Phi) is 2.97. The standard InChI is InChI=1S/C19H15N3/c1-14-13-19-20-12-11-18(22(19)21-14)17-9-7-16(8-10-17)15-5-3-2-4-6-15/h2-13H,1H3. The smallest absolute Gasteiger partial charge is 0.155 e. The number of hydrogen-bond donors (Lipinski definition) is 0. The van der Waals surface area contributed by atoms with E-state index >= 15 is 0 Å². The maximum atomic E-state index is 4.52. The Morgan fingerprint density at radius 1 is 0.773 bits per heavy atom. The van der Waals surface area contributed by atoms with Gasteiger partial charge in [0.2, 0.25) is 0 Å². The van der Waals surface area contributed by atoms with Crippen LogP contribution in [0.25, 0.3) is 28.0 Å². The summed E-state index contributed by atoms with van der Waals surface area (Å²) in [5.74, 6) is 0.